The minimum atomic E-state index is -1.75. The fourth-order valence-electron chi connectivity index (χ4n) is 1.41. The molecule has 13 nitrogen and oxygen atoms in total. The molecule has 0 unspecified atom stereocenters. The van der Waals surface area contributed by atoms with E-state index < -0.39 is 38.5 Å². The predicted molar refractivity (Wildman–Crippen MR) is 74.2 cm³/mol. The van der Waals surface area contributed by atoms with Crippen molar-refractivity contribution in [2.75, 3.05) is 5.73 Å². The molecule has 0 aliphatic rings. The van der Waals surface area contributed by atoms with Crippen molar-refractivity contribution in [2.24, 2.45) is 0 Å². The van der Waals surface area contributed by atoms with Crippen molar-refractivity contribution in [2.45, 2.75) is 0 Å². The molecule has 5 N–H and O–H groups in total. The molecular formula is C11H9N5O8. The van der Waals surface area contributed by atoms with Gasteiger partial charge in [0.1, 0.15) is 0 Å². The van der Waals surface area contributed by atoms with Crippen molar-refractivity contribution in [1.82, 2.24) is 4.98 Å². The van der Waals surface area contributed by atoms with Gasteiger partial charge in [0.15, 0.2) is 5.82 Å². The van der Waals surface area contributed by atoms with Crippen LogP contribution in [0.1, 0.15) is 10.4 Å². The minimum absolute atomic E-state index is 0.287. The summed E-state index contributed by atoms with van der Waals surface area (Å²) in [6.45, 7) is 0. The number of carbonyl (C=O) groups is 1. The van der Waals surface area contributed by atoms with Crippen molar-refractivity contribution in [3.05, 3.63) is 60.7 Å². The number of aromatic nitrogens is 2. The summed E-state index contributed by atoms with van der Waals surface area (Å²) in [5, 5.41) is 40.4. The number of anilines is 1. The molecule has 1 aromatic carbocycles. The summed E-state index contributed by atoms with van der Waals surface area (Å²) in [4.78, 5) is 44.1. The molecular weight excluding hydrogens is 330 g/mol. The second-order valence-corrected chi connectivity index (χ2v) is 4.05. The summed E-state index contributed by atoms with van der Waals surface area (Å²) >= 11 is 0. The van der Waals surface area contributed by atoms with E-state index >= 15 is 0 Å². The van der Waals surface area contributed by atoms with E-state index in [2.05, 4.69) is 9.97 Å². The minimum Gasteiger partial charge on any atom is -0.867 e. The van der Waals surface area contributed by atoms with Gasteiger partial charge >= 0.3 is 11.7 Å². The lowest BCUT2D eigenvalue weighted by Gasteiger charge is -2.09. The Morgan fingerprint density at radius 2 is 1.88 bits per heavy atom. The maximum absolute atomic E-state index is 11.2. The summed E-state index contributed by atoms with van der Waals surface area (Å²) in [5.74, 6) is -2.74. The Balaban J connectivity index is 0.000000300. The molecule has 0 saturated heterocycles. The summed E-state index contributed by atoms with van der Waals surface area (Å²) in [6, 6.07) is 2.48. The quantitative estimate of drug-likeness (QED) is 0.462. The highest BCUT2D eigenvalue weighted by molar-refractivity contribution is 5.93. The Kier molecular flexibility index (Phi) is 5.48. The highest BCUT2D eigenvalue weighted by Crippen LogP contribution is 2.31. The SMILES string of the molecule is Nc1cc[nH+]c(=O)[nH]1.O=C(O)c1cc([N+](=O)[O-])cc([N+](=O)[O-])c1[O-]. The fraction of sp³-hybridized carbons (Fsp3) is 0. The highest BCUT2D eigenvalue weighted by Gasteiger charge is 2.21. The highest BCUT2D eigenvalue weighted by atomic mass is 16.6. The molecule has 0 saturated carbocycles. The predicted octanol–water partition coefficient (Wildman–Crippen LogP) is -0.954. The molecule has 0 radical (unpaired) electrons. The largest absolute Gasteiger partial charge is 0.867 e. The van der Waals surface area contributed by atoms with E-state index in [-0.39, 0.29) is 5.69 Å². The molecule has 2 aromatic rings. The van der Waals surface area contributed by atoms with Crippen LogP contribution < -0.4 is 21.5 Å². The molecule has 0 amide bonds. The van der Waals surface area contributed by atoms with Crippen LogP contribution in [0.25, 0.3) is 0 Å². The van der Waals surface area contributed by atoms with E-state index in [9.17, 15) is 34.9 Å². The standard InChI is InChI=1S/C7H4N2O7.C4H5N3O/c10-6-4(7(11)12)1-3(8(13)14)2-5(6)9(15)16;5-3-1-2-6-4(8)7-3/h1-2,10H,(H,11,12);1-2H,(H3,5,6,7,8). The van der Waals surface area contributed by atoms with Crippen LogP contribution in [0, 0.1) is 20.2 Å². The number of nitro groups is 2. The lowest BCUT2D eigenvalue weighted by Crippen LogP contribution is -2.28. The van der Waals surface area contributed by atoms with Gasteiger partial charge in [-0.15, -0.1) is 0 Å². The molecule has 0 atom stereocenters. The Hall–Kier alpha value is -4.03. The number of nitrogens with two attached hydrogens (primary N) is 1. The number of carboxylic acids is 1. The van der Waals surface area contributed by atoms with Crippen LogP contribution in [-0.2, 0) is 0 Å². The summed E-state index contributed by atoms with van der Waals surface area (Å²) in [7, 11) is 0. The monoisotopic (exact) mass is 339 g/mol. The summed E-state index contributed by atoms with van der Waals surface area (Å²) in [5.41, 5.74) is 1.95. The van der Waals surface area contributed by atoms with Crippen LogP contribution >= 0.6 is 0 Å². The van der Waals surface area contributed by atoms with E-state index in [0.29, 0.717) is 18.0 Å². The zero-order valence-corrected chi connectivity index (χ0v) is 11.6. The molecule has 0 aliphatic carbocycles. The van der Waals surface area contributed by atoms with E-state index in [0.717, 1.165) is 0 Å². The van der Waals surface area contributed by atoms with Gasteiger partial charge in [-0.2, -0.15) is 9.78 Å². The zero-order chi connectivity index (χ0) is 18.4. The third kappa shape index (κ3) is 4.48. The van der Waals surface area contributed by atoms with E-state index in [4.69, 9.17) is 10.8 Å². The second-order valence-electron chi connectivity index (χ2n) is 4.05. The van der Waals surface area contributed by atoms with Gasteiger partial charge in [-0.25, -0.2) is 9.78 Å². The number of aromatic carboxylic acids is 1. The van der Waals surface area contributed by atoms with Gasteiger partial charge in [0, 0.05) is 12.1 Å². The molecule has 2 rings (SSSR count). The molecule has 1 aromatic heterocycles. The molecule has 0 bridgehead atoms. The maximum atomic E-state index is 11.2. The van der Waals surface area contributed by atoms with E-state index in [1.54, 1.807) is 6.07 Å². The molecule has 1 heterocycles. The van der Waals surface area contributed by atoms with Gasteiger partial charge in [-0.1, -0.05) is 0 Å². The van der Waals surface area contributed by atoms with Crippen molar-refractivity contribution in [3.8, 4) is 5.75 Å². The van der Waals surface area contributed by atoms with Gasteiger partial charge in [0.25, 0.3) is 11.4 Å². The number of rotatable bonds is 3. The van der Waals surface area contributed by atoms with Gasteiger partial charge in [0.05, 0.1) is 27.7 Å². The van der Waals surface area contributed by atoms with Crippen molar-refractivity contribution in [3.63, 3.8) is 0 Å². The fourth-order valence-corrected chi connectivity index (χ4v) is 1.41. The first-order chi connectivity index (χ1) is 11.1. The van der Waals surface area contributed by atoms with Crippen LogP contribution in [0.3, 0.4) is 0 Å². The number of hydrogen-bond donors (Lipinski definition) is 3. The lowest BCUT2D eigenvalue weighted by atomic mass is 10.1. The molecule has 0 spiro atoms. The van der Waals surface area contributed by atoms with Crippen LogP contribution in [0.4, 0.5) is 17.2 Å². The van der Waals surface area contributed by atoms with Crippen LogP contribution in [-0.4, -0.2) is 25.9 Å². The number of nitrogens with zero attached hydrogens (tertiary/aromatic N) is 2. The second kappa shape index (κ2) is 7.30. The zero-order valence-electron chi connectivity index (χ0n) is 11.6. The number of carboxylic acid groups (broad SMARTS) is 1. The maximum Gasteiger partial charge on any atom is 0.495 e. The van der Waals surface area contributed by atoms with Gasteiger partial charge in [-0.3, -0.25) is 20.2 Å². The third-order valence-electron chi connectivity index (χ3n) is 2.43. The Labute approximate surface area is 131 Å². The average Bonchev–Trinajstić information content (AvgIpc) is 2.46. The number of non-ortho nitro benzene ring substituents is 1. The Bertz CT molecular complexity index is 826. The smallest absolute Gasteiger partial charge is 0.495 e. The van der Waals surface area contributed by atoms with E-state index in [1.165, 1.54) is 6.20 Å². The number of nitrogen functional groups attached to an aromatic ring is 1. The molecule has 13 heteroatoms. The Morgan fingerprint density at radius 1 is 1.25 bits per heavy atom. The summed E-state index contributed by atoms with van der Waals surface area (Å²) in [6.07, 6.45) is 1.48. The van der Waals surface area contributed by atoms with Crippen LogP contribution in [0.5, 0.6) is 5.75 Å². The number of hydrogen-bond acceptors (Lipinski definition) is 8. The lowest BCUT2D eigenvalue weighted by molar-refractivity contribution is -0.403. The molecule has 24 heavy (non-hydrogen) atoms. The molecule has 0 aliphatic heterocycles. The normalized spacial score (nSPS) is 9.50. The first kappa shape index (κ1) is 18.0. The Morgan fingerprint density at radius 3 is 2.25 bits per heavy atom. The van der Waals surface area contributed by atoms with Gasteiger partial charge < -0.3 is 15.9 Å². The van der Waals surface area contributed by atoms with Crippen molar-refractivity contribution >= 4 is 23.2 Å². The van der Waals surface area contributed by atoms with Gasteiger partial charge in [-0.05, 0) is 5.75 Å². The van der Waals surface area contributed by atoms with E-state index in [1.807, 2.05) is 0 Å². The van der Waals surface area contributed by atoms with Gasteiger partial charge in [0.2, 0.25) is 0 Å². The number of H-pyrrole nitrogens is 2. The van der Waals surface area contributed by atoms with Crippen molar-refractivity contribution < 1.29 is 29.8 Å². The first-order valence-corrected chi connectivity index (χ1v) is 5.87. The number of nitrogens with one attached hydrogen (secondary N) is 2. The number of benzene rings is 1. The number of nitro benzene ring substituents is 2. The summed E-state index contributed by atoms with van der Waals surface area (Å²) < 4.78 is 0. The third-order valence-corrected chi connectivity index (χ3v) is 2.43. The van der Waals surface area contributed by atoms with Crippen molar-refractivity contribution in [1.29, 1.82) is 0 Å². The first-order valence-electron chi connectivity index (χ1n) is 5.87. The van der Waals surface area contributed by atoms with Crippen LogP contribution in [0.2, 0.25) is 0 Å². The number of aromatic amines is 2. The van der Waals surface area contributed by atoms with Crippen LogP contribution in [0.15, 0.2) is 29.2 Å². The molecule has 126 valence electrons. The average molecular weight is 339 g/mol. The topological polar surface area (TPSA) is 220 Å². The molecule has 0 fully saturated rings.